The number of amides is 1. The maximum atomic E-state index is 13.9. The summed E-state index contributed by atoms with van der Waals surface area (Å²) in [7, 11) is -19.1. The topological polar surface area (TPSA) is 284 Å². The Morgan fingerprint density at radius 1 is 0.524 bits per heavy atom. The molecule has 0 aromatic heterocycles. The summed E-state index contributed by atoms with van der Waals surface area (Å²) in [6.45, 7) is 57.7. The molecule has 82 heavy (non-hydrogen) atoms. The number of aliphatic hydroxyl groups is 5. The third kappa shape index (κ3) is 34.5. The lowest BCUT2D eigenvalue weighted by molar-refractivity contribution is -0.206. The number of cyclic esters (lactones) is 2. The van der Waals surface area contributed by atoms with Crippen LogP contribution in [0.3, 0.4) is 0 Å². The molecule has 22 nitrogen and oxygen atoms in total. The van der Waals surface area contributed by atoms with Gasteiger partial charge in [-0.3, -0.25) is 4.79 Å². The van der Waals surface area contributed by atoms with E-state index in [0.717, 1.165) is 0 Å². The first kappa shape index (κ1) is 81.7. The van der Waals surface area contributed by atoms with Gasteiger partial charge in [0.15, 0.2) is 97.1 Å². The van der Waals surface area contributed by atoms with Gasteiger partial charge in [-0.05, 0) is 184 Å². The van der Waals surface area contributed by atoms with Crippen LogP contribution in [-0.4, -0.2) is 238 Å². The monoisotopic (exact) mass is 1330 g/mol. The molecule has 12 atom stereocenters. The Balaban J connectivity index is 0.00000139. The Bertz CT molecular complexity index is 1840. The predicted octanol–water partition coefficient (Wildman–Crippen LogP) is 6.82. The molecule has 0 aliphatic carbocycles. The van der Waals surface area contributed by atoms with E-state index in [1.54, 1.807) is 0 Å². The molecule has 6 N–H and O–H groups in total. The van der Waals surface area contributed by atoms with Crippen LogP contribution in [-0.2, 0) is 72.5 Å². The van der Waals surface area contributed by atoms with Gasteiger partial charge >= 0.3 is 20.7 Å². The van der Waals surface area contributed by atoms with Crippen molar-refractivity contribution in [3.63, 3.8) is 0 Å². The molecule has 2 rings (SSSR count). The molecule has 0 bridgehead atoms. The normalized spacial score (nSPS) is 24.2. The van der Waals surface area contributed by atoms with E-state index in [1.165, 1.54) is 0 Å². The number of carbonyl (C=O) groups excluding carboxylic acids is 3. The lowest BCUT2D eigenvalue weighted by atomic mass is 10.0. The van der Waals surface area contributed by atoms with Gasteiger partial charge in [-0.2, -0.15) is 0 Å². The highest BCUT2D eigenvalue weighted by Crippen LogP contribution is 2.32. The highest BCUT2D eigenvalue weighted by atomic mass is 28.4. The number of nitrogens with one attached hydrogen (secondary N) is 1. The maximum absolute atomic E-state index is 13.9. The van der Waals surface area contributed by atoms with E-state index in [0.29, 0.717) is 45.4 Å². The molecule has 2 heterocycles. The Morgan fingerprint density at radius 3 is 1.35 bits per heavy atom. The first-order valence-corrected chi connectivity index (χ1v) is 58.3. The molecule has 2 aliphatic rings. The van der Waals surface area contributed by atoms with Gasteiger partial charge in [-0.1, -0.05) is 0 Å². The molecule has 0 spiro atoms. The zero-order valence-electron chi connectivity index (χ0n) is 55.6. The smallest absolute Gasteiger partial charge is 0.455 e. The Kier molecular flexibility index (Phi) is 34.5. The fourth-order valence-corrected chi connectivity index (χ4v) is 18.3. The number of hydrogen-bond acceptors (Lipinski definition) is 21. The van der Waals surface area contributed by atoms with E-state index in [1.807, 2.05) is 40.4 Å². The molecule has 1 amide bonds. The number of ether oxygens (including phenoxy) is 2. The van der Waals surface area contributed by atoms with Crippen LogP contribution in [0.4, 0.5) is 0 Å². The Labute approximate surface area is 503 Å². The van der Waals surface area contributed by atoms with E-state index in [-0.39, 0.29) is 24.6 Å². The lowest BCUT2D eigenvalue weighted by Gasteiger charge is -2.47. The largest absolute Gasteiger partial charge is 0.500 e. The second kappa shape index (κ2) is 34.6. The zero-order valence-corrected chi connectivity index (χ0v) is 64.6. The molecule has 0 aromatic rings. The second-order valence-corrected chi connectivity index (χ2v) is 67.0. The van der Waals surface area contributed by atoms with Gasteiger partial charge in [0.25, 0.3) is 5.91 Å². The van der Waals surface area contributed by atoms with Gasteiger partial charge in [0.2, 0.25) is 0 Å². The average Bonchev–Trinajstić information content (AvgIpc) is 3.27. The molecular weight excluding hydrogens is 1220 g/mol. The molecule has 0 radical (unpaired) electrons. The van der Waals surface area contributed by atoms with Gasteiger partial charge in [-0.25, -0.2) is 9.59 Å². The van der Waals surface area contributed by atoms with Crippen molar-refractivity contribution in [2.24, 2.45) is 0 Å². The Morgan fingerprint density at radius 2 is 0.951 bits per heavy atom. The van der Waals surface area contributed by atoms with E-state index in [2.05, 4.69) is 148 Å². The minimum absolute atomic E-state index is 0.108. The van der Waals surface area contributed by atoms with Gasteiger partial charge < -0.3 is 89.0 Å². The van der Waals surface area contributed by atoms with Crippen LogP contribution < -0.4 is 5.32 Å². The quantitative estimate of drug-likeness (QED) is 0.0223. The molecule has 0 aromatic carbocycles. The third-order valence-corrected chi connectivity index (χ3v) is 21.9. The van der Waals surface area contributed by atoms with Crippen LogP contribution >= 0.6 is 0 Å². The van der Waals surface area contributed by atoms with E-state index < -0.39 is 155 Å². The van der Waals surface area contributed by atoms with Crippen molar-refractivity contribution in [1.82, 2.24) is 5.32 Å². The summed E-state index contributed by atoms with van der Waals surface area (Å²) in [5.74, 6) is -1.67. The summed E-state index contributed by atoms with van der Waals surface area (Å²) in [5, 5.41) is 50.1. The van der Waals surface area contributed by atoms with Crippen LogP contribution in [0, 0.1) is 0 Å². The highest BCUT2D eigenvalue weighted by Gasteiger charge is 2.53. The second-order valence-electron chi connectivity index (χ2n) is 28.4. The molecular formula is C51H117NO21Si9. The van der Waals surface area contributed by atoms with Crippen LogP contribution in [0.15, 0.2) is 0 Å². The van der Waals surface area contributed by atoms with Crippen molar-refractivity contribution in [2.75, 3.05) is 46.2 Å². The molecule has 2 saturated heterocycles. The molecule has 0 saturated carbocycles. The van der Waals surface area contributed by atoms with Crippen LogP contribution in [0.1, 0.15) is 27.2 Å². The first-order valence-electron chi connectivity index (χ1n) is 29.1. The molecule has 12 unspecified atom stereocenters. The van der Waals surface area contributed by atoms with E-state index >= 15 is 0 Å². The number of rotatable bonds is 33. The highest BCUT2D eigenvalue weighted by molar-refractivity contribution is 6.72. The fourth-order valence-electron chi connectivity index (χ4n) is 8.01. The zero-order chi connectivity index (χ0) is 64.4. The number of esters is 2. The van der Waals surface area contributed by atoms with Crippen molar-refractivity contribution in [3.05, 3.63) is 0 Å². The summed E-state index contributed by atoms with van der Waals surface area (Å²) >= 11 is 0. The summed E-state index contributed by atoms with van der Waals surface area (Å²) in [5.41, 5.74) is 0. The SMILES string of the molecule is CCO[Si](CCCNC(=O)C(O[Si](C)(C)C)C(O[Si](C)(C)C)C(O[Si](C)(C)C)C(O)CO[Si](C)(C)C)(OCC)OCC.C[Si](C)(C)OCC1OC(=O)C(O[Si](C)(C)C)C(O[Si](C)(C)C)C1O[Si](C)(C)C.O=C1OC(CO)C(O)C(O)C1O. The van der Waals surface area contributed by atoms with Crippen molar-refractivity contribution >= 4 is 93.2 Å². The summed E-state index contributed by atoms with van der Waals surface area (Å²) in [4.78, 5) is 37.5. The summed E-state index contributed by atoms with van der Waals surface area (Å²) in [6.07, 6.45) is -10.9. The fraction of sp³-hybridized carbons (Fsp3) is 0.941. The van der Waals surface area contributed by atoms with Crippen molar-refractivity contribution in [2.45, 2.75) is 264 Å². The minimum Gasteiger partial charge on any atom is -0.455 e. The van der Waals surface area contributed by atoms with Crippen LogP contribution in [0.5, 0.6) is 0 Å². The molecule has 2 aliphatic heterocycles. The van der Waals surface area contributed by atoms with Crippen LogP contribution in [0.2, 0.25) is 163 Å². The van der Waals surface area contributed by atoms with Crippen molar-refractivity contribution in [3.8, 4) is 0 Å². The maximum Gasteiger partial charge on any atom is 0.500 e. The third-order valence-electron chi connectivity index (χ3n) is 10.8. The molecule has 488 valence electrons. The molecule has 31 heteroatoms. The predicted molar refractivity (Wildman–Crippen MR) is 342 cm³/mol. The van der Waals surface area contributed by atoms with E-state index in [4.69, 9.17) is 73.8 Å². The van der Waals surface area contributed by atoms with Gasteiger partial charge in [0.1, 0.15) is 42.7 Å². The van der Waals surface area contributed by atoms with Gasteiger partial charge in [0, 0.05) is 32.4 Å². The average molecular weight is 1330 g/mol. The number of carbonyl (C=O) groups is 3. The molecule has 2 fully saturated rings. The standard InChI is InChI=1S/C27H65NO9Si5.C18H42O6Si4.C6H10O6/c1-16-31-42(32-17-2,33-18-3)21-19-20-28-27(30)26(37-41(13,14)15)25(36-40(10,11)12)24(35-39(7,8)9)23(29)22-34-38(4,5)6;1-25(2,3)20-13-14-15(22-26(4,5)6)16(23-27(7,8)9)17(18(19)21-14)24-28(10,11)12;7-1-2-3(8)4(9)5(10)6(11)12-2/h23-26,29H,16-22H2,1-15H3,(H,28,30);14-17H,13H2,1-12H3;2-5,7-10H,1H2. The van der Waals surface area contributed by atoms with Gasteiger partial charge in [0.05, 0.1) is 19.8 Å². The first-order chi connectivity index (χ1) is 36.8. The van der Waals surface area contributed by atoms with Crippen LogP contribution in [0.25, 0.3) is 0 Å². The lowest BCUT2D eigenvalue weighted by Crippen LogP contribution is -2.64. The van der Waals surface area contributed by atoms with Gasteiger partial charge in [-0.15, -0.1) is 0 Å². The summed E-state index contributed by atoms with van der Waals surface area (Å²) < 4.78 is 79.5. The number of aliphatic hydroxyl groups excluding tert-OH is 5. The minimum atomic E-state index is -2.82. The number of hydrogen-bond donors (Lipinski definition) is 6. The van der Waals surface area contributed by atoms with E-state index in [9.17, 15) is 19.5 Å². The van der Waals surface area contributed by atoms with Crippen molar-refractivity contribution in [1.29, 1.82) is 0 Å². The summed E-state index contributed by atoms with van der Waals surface area (Å²) in [6, 6.07) is 0.589. The Hall–Kier alpha value is -0.278. The van der Waals surface area contributed by atoms with Crippen molar-refractivity contribution < 1.29 is 98.1 Å².